The Kier molecular flexibility index (Phi) is 4.52. The predicted molar refractivity (Wildman–Crippen MR) is 66.6 cm³/mol. The highest BCUT2D eigenvalue weighted by Gasteiger charge is 2.19. The lowest BCUT2D eigenvalue weighted by molar-refractivity contribution is -0.126. The van der Waals surface area contributed by atoms with Crippen LogP contribution in [-0.4, -0.2) is 42.3 Å². The highest BCUT2D eigenvalue weighted by molar-refractivity contribution is 6.06. The van der Waals surface area contributed by atoms with Crippen LogP contribution < -0.4 is 5.32 Å². The van der Waals surface area contributed by atoms with Gasteiger partial charge in [0.05, 0.1) is 6.54 Å². The number of likely N-dealkylation sites (N-methyl/N-ethyl adjacent to an activating group) is 1. The van der Waals surface area contributed by atoms with Crippen LogP contribution in [0.15, 0.2) is 16.6 Å². The molecule has 0 aliphatic carbocycles. The molecule has 0 bridgehead atoms. The van der Waals surface area contributed by atoms with Crippen molar-refractivity contribution in [2.75, 3.05) is 19.6 Å². The first-order valence-corrected chi connectivity index (χ1v) is 5.89. The highest BCUT2D eigenvalue weighted by Crippen LogP contribution is 2.09. The Hall–Kier alpha value is -1.32. The van der Waals surface area contributed by atoms with E-state index >= 15 is 0 Å². The first-order valence-electron chi connectivity index (χ1n) is 5.89. The predicted octanol–water partition coefficient (Wildman–Crippen LogP) is 1.19. The van der Waals surface area contributed by atoms with Gasteiger partial charge in [-0.3, -0.25) is 9.79 Å². The van der Waals surface area contributed by atoms with E-state index in [0.717, 1.165) is 24.5 Å². The third-order valence-electron chi connectivity index (χ3n) is 2.49. The summed E-state index contributed by atoms with van der Waals surface area (Å²) in [5.41, 5.74) is 0.784. The Morgan fingerprint density at radius 2 is 2.12 bits per heavy atom. The fourth-order valence-electron chi connectivity index (χ4n) is 1.65. The van der Waals surface area contributed by atoms with Crippen molar-refractivity contribution in [3.63, 3.8) is 0 Å². The first kappa shape index (κ1) is 12.7. The van der Waals surface area contributed by atoms with Gasteiger partial charge in [-0.2, -0.15) is 0 Å². The van der Waals surface area contributed by atoms with Crippen molar-refractivity contribution in [2.45, 2.75) is 33.7 Å². The van der Waals surface area contributed by atoms with Gasteiger partial charge >= 0.3 is 0 Å². The average Bonchev–Trinajstić information content (AvgIpc) is 2.67. The summed E-state index contributed by atoms with van der Waals surface area (Å²) in [7, 11) is 0. The maximum absolute atomic E-state index is 12.0. The maximum atomic E-state index is 12.0. The molecule has 1 rings (SSSR count). The van der Waals surface area contributed by atoms with Gasteiger partial charge in [-0.1, -0.05) is 0 Å². The number of carbonyl (C=O) groups excluding carboxylic acids is 1. The van der Waals surface area contributed by atoms with Crippen molar-refractivity contribution in [1.82, 2.24) is 10.2 Å². The normalized spacial score (nSPS) is 14.8. The molecule has 0 aromatic heterocycles. The van der Waals surface area contributed by atoms with E-state index in [9.17, 15) is 4.79 Å². The molecule has 1 amide bonds. The van der Waals surface area contributed by atoms with Gasteiger partial charge in [-0.05, 0) is 33.8 Å². The Bertz CT molecular complexity index is 314. The molecule has 4 heteroatoms. The van der Waals surface area contributed by atoms with Crippen molar-refractivity contribution in [1.29, 1.82) is 0 Å². The fourth-order valence-corrected chi connectivity index (χ4v) is 1.65. The van der Waals surface area contributed by atoms with E-state index in [1.807, 2.05) is 24.8 Å². The molecule has 90 valence electrons. The second-order valence-electron chi connectivity index (χ2n) is 4.15. The van der Waals surface area contributed by atoms with Crippen molar-refractivity contribution in [2.24, 2.45) is 4.99 Å². The molecule has 1 heterocycles. The molecule has 1 N–H and O–H groups in total. The Morgan fingerprint density at radius 1 is 1.50 bits per heavy atom. The third kappa shape index (κ3) is 3.08. The van der Waals surface area contributed by atoms with Crippen LogP contribution in [-0.2, 0) is 4.79 Å². The van der Waals surface area contributed by atoms with Crippen LogP contribution in [0.1, 0.15) is 27.7 Å². The zero-order valence-corrected chi connectivity index (χ0v) is 10.6. The van der Waals surface area contributed by atoms with Gasteiger partial charge in [0.25, 0.3) is 5.91 Å². The molecular formula is C12H21N3O. The summed E-state index contributed by atoms with van der Waals surface area (Å²) in [4.78, 5) is 18.1. The monoisotopic (exact) mass is 223 g/mol. The van der Waals surface area contributed by atoms with Crippen molar-refractivity contribution in [3.8, 4) is 0 Å². The third-order valence-corrected chi connectivity index (χ3v) is 2.49. The van der Waals surface area contributed by atoms with Gasteiger partial charge in [0.2, 0.25) is 0 Å². The molecule has 0 aromatic rings. The first-order chi connectivity index (χ1) is 7.58. The minimum Gasteiger partial charge on any atom is -0.368 e. The lowest BCUT2D eigenvalue weighted by Crippen LogP contribution is -2.32. The summed E-state index contributed by atoms with van der Waals surface area (Å²) >= 11 is 0. The summed E-state index contributed by atoms with van der Waals surface area (Å²) in [5.74, 6) is 0.930. The van der Waals surface area contributed by atoms with E-state index in [2.05, 4.69) is 24.2 Å². The Morgan fingerprint density at radius 3 is 2.62 bits per heavy atom. The molecule has 4 nitrogen and oxygen atoms in total. The van der Waals surface area contributed by atoms with Crippen molar-refractivity contribution in [3.05, 3.63) is 11.6 Å². The smallest absolute Gasteiger partial charge is 0.251 e. The second-order valence-corrected chi connectivity index (χ2v) is 4.15. The molecule has 0 spiro atoms. The van der Waals surface area contributed by atoms with E-state index in [4.69, 9.17) is 0 Å². The van der Waals surface area contributed by atoms with Crippen LogP contribution in [0, 0.1) is 0 Å². The minimum absolute atomic E-state index is 0.106. The minimum atomic E-state index is 0.106. The number of amidine groups is 1. The van der Waals surface area contributed by atoms with Crippen LogP contribution in [0.2, 0.25) is 0 Å². The van der Waals surface area contributed by atoms with Gasteiger partial charge in [-0.15, -0.1) is 0 Å². The molecule has 0 saturated heterocycles. The van der Waals surface area contributed by atoms with Crippen LogP contribution in [0.4, 0.5) is 0 Å². The topological polar surface area (TPSA) is 44.7 Å². The lowest BCUT2D eigenvalue weighted by atomic mass is 10.2. The molecule has 1 aliphatic heterocycles. The summed E-state index contributed by atoms with van der Waals surface area (Å²) in [5, 5.41) is 3.20. The Labute approximate surface area is 97.4 Å². The average molecular weight is 223 g/mol. The molecule has 0 unspecified atom stereocenters. The molecule has 16 heavy (non-hydrogen) atoms. The number of hydrogen-bond acceptors (Lipinski definition) is 3. The zero-order chi connectivity index (χ0) is 12.1. The van der Waals surface area contributed by atoms with Gasteiger partial charge in [-0.25, -0.2) is 0 Å². The van der Waals surface area contributed by atoms with Crippen molar-refractivity contribution >= 4 is 11.7 Å². The number of nitrogens with one attached hydrogen (secondary N) is 1. The molecule has 0 fully saturated rings. The standard InChI is InChI=1S/C12H21N3O/c1-5-15(6-2)12(16)10-7-11(13-8-10)14-9(3)4/h7,9H,5-6,8H2,1-4H3,(H,13,14). The summed E-state index contributed by atoms with van der Waals surface area (Å²) in [6.07, 6.45) is 1.86. The second kappa shape index (κ2) is 5.68. The van der Waals surface area contributed by atoms with Crippen LogP contribution in [0.25, 0.3) is 0 Å². The van der Waals surface area contributed by atoms with E-state index < -0.39 is 0 Å². The number of hydrogen-bond donors (Lipinski definition) is 1. The van der Waals surface area contributed by atoms with Gasteiger partial charge in [0, 0.05) is 24.7 Å². The SMILES string of the molecule is CCN(CC)C(=O)C1=CC(NC(C)C)=NC1. The summed E-state index contributed by atoms with van der Waals surface area (Å²) < 4.78 is 0. The lowest BCUT2D eigenvalue weighted by Gasteiger charge is -2.18. The van der Waals surface area contributed by atoms with Gasteiger partial charge < -0.3 is 10.2 Å². The summed E-state index contributed by atoms with van der Waals surface area (Å²) in [6, 6.07) is 0.345. The number of rotatable bonds is 4. The summed E-state index contributed by atoms with van der Waals surface area (Å²) in [6.45, 7) is 10.1. The maximum Gasteiger partial charge on any atom is 0.251 e. The molecule has 0 saturated carbocycles. The number of carbonyl (C=O) groups is 1. The van der Waals surface area contributed by atoms with E-state index in [0.29, 0.717) is 12.6 Å². The molecule has 0 radical (unpaired) electrons. The zero-order valence-electron chi connectivity index (χ0n) is 10.6. The largest absolute Gasteiger partial charge is 0.368 e. The molecule has 1 aliphatic rings. The van der Waals surface area contributed by atoms with Gasteiger partial charge in [0.15, 0.2) is 0 Å². The number of amides is 1. The molecule has 0 atom stereocenters. The Balaban J connectivity index is 2.62. The van der Waals surface area contributed by atoms with Crippen LogP contribution >= 0.6 is 0 Å². The molecule has 0 aromatic carbocycles. The highest BCUT2D eigenvalue weighted by atomic mass is 16.2. The van der Waals surface area contributed by atoms with Crippen LogP contribution in [0.3, 0.4) is 0 Å². The van der Waals surface area contributed by atoms with E-state index in [1.165, 1.54) is 0 Å². The molecular weight excluding hydrogens is 202 g/mol. The van der Waals surface area contributed by atoms with E-state index in [-0.39, 0.29) is 5.91 Å². The van der Waals surface area contributed by atoms with Crippen molar-refractivity contribution < 1.29 is 4.79 Å². The fraction of sp³-hybridized carbons (Fsp3) is 0.667. The van der Waals surface area contributed by atoms with E-state index in [1.54, 1.807) is 0 Å². The number of nitrogens with zero attached hydrogens (tertiary/aromatic N) is 2. The van der Waals surface area contributed by atoms with Crippen LogP contribution in [0.5, 0.6) is 0 Å². The van der Waals surface area contributed by atoms with Gasteiger partial charge in [0.1, 0.15) is 5.84 Å². The quantitative estimate of drug-likeness (QED) is 0.778. The number of aliphatic imine (C=N–C) groups is 1.